The van der Waals surface area contributed by atoms with Crippen LogP contribution in [0.2, 0.25) is 0 Å². The molecule has 0 fully saturated rings. The minimum absolute atomic E-state index is 0.505. The van der Waals surface area contributed by atoms with Gasteiger partial charge in [-0.05, 0) is 24.6 Å². The molecule has 1 aromatic carbocycles. The van der Waals surface area contributed by atoms with Gasteiger partial charge in [0.1, 0.15) is 17.2 Å². The minimum Gasteiger partial charge on any atom is -0.691 e. The van der Waals surface area contributed by atoms with Gasteiger partial charge in [0.05, 0.1) is 7.11 Å². The van der Waals surface area contributed by atoms with Gasteiger partial charge in [-0.25, -0.2) is 0 Å². The molecule has 0 aliphatic heterocycles. The highest BCUT2D eigenvalue weighted by atomic mass is 16.5. The van der Waals surface area contributed by atoms with E-state index >= 15 is 0 Å². The molecule has 0 saturated carbocycles. The van der Waals surface area contributed by atoms with Crippen LogP contribution in [0, 0.1) is 5.21 Å². The first kappa shape index (κ1) is 11.4. The molecule has 0 N–H and O–H groups in total. The number of allylic oxidation sites excluding steroid dienone is 1. The summed E-state index contributed by atoms with van der Waals surface area (Å²) in [6.07, 6.45) is 5.85. The van der Waals surface area contributed by atoms with Gasteiger partial charge >= 0.3 is 0 Å². The number of aromatic nitrogens is 3. The lowest BCUT2D eigenvalue weighted by Crippen LogP contribution is -2.28. The maximum absolute atomic E-state index is 11.6. The van der Waals surface area contributed by atoms with Crippen LogP contribution >= 0.6 is 0 Å². The van der Waals surface area contributed by atoms with Gasteiger partial charge in [0.15, 0.2) is 0 Å². The number of nitrogens with zero attached hydrogens (tertiary/aromatic N) is 3. The summed E-state index contributed by atoms with van der Waals surface area (Å²) < 4.78 is 6.66. The summed E-state index contributed by atoms with van der Waals surface area (Å²) in [4.78, 5) is 0.605. The van der Waals surface area contributed by atoms with E-state index in [0.717, 1.165) is 18.4 Å². The molecule has 0 unspecified atom stereocenters. The van der Waals surface area contributed by atoms with E-state index in [1.807, 2.05) is 24.4 Å². The molecule has 0 atom stereocenters. The minimum atomic E-state index is 0.505. The smallest absolute Gasteiger partial charge is 0.206 e. The summed E-state index contributed by atoms with van der Waals surface area (Å²) in [6, 6.07) is 5.32. The summed E-state index contributed by atoms with van der Waals surface area (Å²) in [5.41, 5.74) is 1.28. The maximum atomic E-state index is 11.6. The Morgan fingerprint density at radius 2 is 2.35 bits per heavy atom. The number of unbranched alkanes of at least 4 members (excludes halogenated alkanes) is 1. The van der Waals surface area contributed by atoms with Crippen LogP contribution in [0.5, 0.6) is 5.75 Å². The molecule has 0 spiro atoms. The highest BCUT2D eigenvalue weighted by molar-refractivity contribution is 5.75. The van der Waals surface area contributed by atoms with Crippen molar-refractivity contribution in [2.45, 2.75) is 19.8 Å². The SMILES string of the molecule is CCC/C=C/n1n[n+]([O-])c2cc(OC)ccc21. The topological polar surface area (TPSA) is 54.0 Å². The number of benzene rings is 1. The van der Waals surface area contributed by atoms with Gasteiger partial charge in [-0.3, -0.25) is 0 Å². The molecule has 17 heavy (non-hydrogen) atoms. The first-order chi connectivity index (χ1) is 8.26. The van der Waals surface area contributed by atoms with Crippen LogP contribution < -0.4 is 9.58 Å². The summed E-state index contributed by atoms with van der Waals surface area (Å²) in [5, 5.41) is 15.5. The molecule has 0 radical (unpaired) electrons. The van der Waals surface area contributed by atoms with Gasteiger partial charge in [-0.2, -0.15) is 0 Å². The van der Waals surface area contributed by atoms with E-state index in [9.17, 15) is 5.21 Å². The van der Waals surface area contributed by atoms with Crippen LogP contribution in [0.15, 0.2) is 24.3 Å². The van der Waals surface area contributed by atoms with Crippen LogP contribution in [-0.2, 0) is 0 Å². The number of hydrogen-bond donors (Lipinski definition) is 0. The Labute approximate surface area is 99.5 Å². The van der Waals surface area contributed by atoms with E-state index in [1.54, 1.807) is 17.9 Å². The van der Waals surface area contributed by atoms with E-state index in [1.165, 1.54) is 0 Å². The summed E-state index contributed by atoms with van der Waals surface area (Å²) in [5.74, 6) is 0.652. The zero-order valence-corrected chi connectivity index (χ0v) is 9.96. The Morgan fingerprint density at radius 3 is 3.06 bits per heavy atom. The van der Waals surface area contributed by atoms with Crippen molar-refractivity contribution >= 4 is 17.2 Å². The van der Waals surface area contributed by atoms with Crippen molar-refractivity contribution in [1.82, 2.24) is 9.90 Å². The van der Waals surface area contributed by atoms with Crippen LogP contribution in [-0.4, -0.2) is 17.0 Å². The molecule has 2 rings (SSSR count). The predicted molar refractivity (Wildman–Crippen MR) is 65.5 cm³/mol. The third kappa shape index (κ3) is 2.22. The van der Waals surface area contributed by atoms with Gasteiger partial charge in [-0.1, -0.05) is 13.3 Å². The van der Waals surface area contributed by atoms with E-state index in [4.69, 9.17) is 4.74 Å². The predicted octanol–water partition coefficient (Wildman–Crippen LogP) is 1.95. The molecule has 0 aliphatic carbocycles. The average molecular weight is 233 g/mol. The lowest BCUT2D eigenvalue weighted by molar-refractivity contribution is -0.645. The number of hydrogen-bond acceptors (Lipinski definition) is 3. The third-order valence-electron chi connectivity index (χ3n) is 2.52. The molecule has 5 nitrogen and oxygen atoms in total. The Bertz CT molecular complexity index is 546. The molecule has 1 heterocycles. The molecular formula is C12H15N3O2. The van der Waals surface area contributed by atoms with Gasteiger partial charge in [0.2, 0.25) is 11.0 Å². The fraction of sp³-hybridized carbons (Fsp3) is 0.333. The van der Waals surface area contributed by atoms with E-state index in [0.29, 0.717) is 16.1 Å². The lowest BCUT2D eigenvalue weighted by Gasteiger charge is -1.97. The number of methoxy groups -OCH3 is 1. The van der Waals surface area contributed by atoms with E-state index in [-0.39, 0.29) is 0 Å². The molecule has 2 aromatic rings. The summed E-state index contributed by atoms with van der Waals surface area (Å²) >= 11 is 0. The fourth-order valence-electron chi connectivity index (χ4n) is 1.61. The van der Waals surface area contributed by atoms with Gasteiger partial charge in [0, 0.05) is 6.07 Å². The fourth-order valence-corrected chi connectivity index (χ4v) is 1.61. The molecule has 0 saturated heterocycles. The van der Waals surface area contributed by atoms with Crippen molar-refractivity contribution in [3.8, 4) is 5.75 Å². The standard InChI is InChI=1S/C12H15N3O2/c1-3-4-5-8-14-11-7-6-10(17-2)9-12(11)15(16)13-14/h5-9H,3-4H2,1-2H3/b8-5+. The third-order valence-corrected chi connectivity index (χ3v) is 2.52. The normalized spacial score (nSPS) is 11.4. The monoisotopic (exact) mass is 233 g/mol. The summed E-state index contributed by atoms with van der Waals surface area (Å²) in [7, 11) is 1.57. The molecular weight excluding hydrogens is 218 g/mol. The summed E-state index contributed by atoms with van der Waals surface area (Å²) in [6.45, 7) is 2.10. The second-order valence-electron chi connectivity index (χ2n) is 3.74. The molecule has 0 aliphatic rings. The van der Waals surface area contributed by atoms with Crippen LogP contribution in [0.25, 0.3) is 17.2 Å². The number of rotatable bonds is 4. The lowest BCUT2D eigenvalue weighted by atomic mass is 10.3. The zero-order chi connectivity index (χ0) is 12.3. The Kier molecular flexibility index (Phi) is 3.27. The van der Waals surface area contributed by atoms with Crippen molar-refractivity contribution < 1.29 is 9.58 Å². The maximum Gasteiger partial charge on any atom is 0.206 e. The van der Waals surface area contributed by atoms with Crippen LogP contribution in [0.4, 0.5) is 0 Å². The Morgan fingerprint density at radius 1 is 1.53 bits per heavy atom. The van der Waals surface area contributed by atoms with Crippen molar-refractivity contribution in [2.24, 2.45) is 0 Å². The quantitative estimate of drug-likeness (QED) is 0.599. The van der Waals surface area contributed by atoms with Crippen LogP contribution in [0.3, 0.4) is 0 Å². The van der Waals surface area contributed by atoms with E-state index in [2.05, 4.69) is 12.1 Å². The largest absolute Gasteiger partial charge is 0.691 e. The Balaban J connectivity index is 2.45. The number of fused-ring (bicyclic) bond motifs is 1. The van der Waals surface area contributed by atoms with Gasteiger partial charge in [-0.15, -0.1) is 9.53 Å². The molecule has 0 amide bonds. The van der Waals surface area contributed by atoms with E-state index < -0.39 is 0 Å². The van der Waals surface area contributed by atoms with Crippen molar-refractivity contribution in [3.05, 3.63) is 29.5 Å². The first-order valence-electron chi connectivity index (χ1n) is 5.59. The van der Waals surface area contributed by atoms with Crippen LogP contribution in [0.1, 0.15) is 19.8 Å². The average Bonchev–Trinajstić information content (AvgIpc) is 2.66. The second-order valence-corrected chi connectivity index (χ2v) is 3.74. The van der Waals surface area contributed by atoms with Crippen molar-refractivity contribution in [2.75, 3.05) is 7.11 Å². The molecule has 90 valence electrons. The van der Waals surface area contributed by atoms with Crippen molar-refractivity contribution in [1.29, 1.82) is 0 Å². The molecule has 0 bridgehead atoms. The Hall–Kier alpha value is -2.04. The molecule has 1 aromatic heterocycles. The van der Waals surface area contributed by atoms with Gasteiger partial charge in [0.25, 0.3) is 0 Å². The number of ether oxygens (including phenoxy) is 1. The second kappa shape index (κ2) is 4.86. The zero-order valence-electron chi connectivity index (χ0n) is 9.96. The first-order valence-corrected chi connectivity index (χ1v) is 5.59. The van der Waals surface area contributed by atoms with Crippen molar-refractivity contribution in [3.63, 3.8) is 0 Å². The molecule has 5 heteroatoms. The highest BCUT2D eigenvalue weighted by Crippen LogP contribution is 2.17. The van der Waals surface area contributed by atoms with Gasteiger partial charge < -0.3 is 9.94 Å². The highest BCUT2D eigenvalue weighted by Gasteiger charge is 2.12.